The highest BCUT2D eigenvalue weighted by Gasteiger charge is 2.29. The molecule has 0 spiro atoms. The number of aromatic nitrogens is 2. The third-order valence-electron chi connectivity index (χ3n) is 2.71. The van der Waals surface area contributed by atoms with Crippen LogP contribution in [0.3, 0.4) is 0 Å². The lowest BCUT2D eigenvalue weighted by molar-refractivity contribution is -0.137. The molecule has 3 rings (SSSR count). The molecule has 0 amide bonds. The molecule has 0 aliphatic heterocycles. The smallest absolute Gasteiger partial charge is 0.416 e. The van der Waals surface area contributed by atoms with E-state index >= 15 is 0 Å². The van der Waals surface area contributed by atoms with Crippen molar-refractivity contribution in [1.82, 2.24) is 9.97 Å². The summed E-state index contributed by atoms with van der Waals surface area (Å²) in [5.41, 5.74) is 0.553. The van der Waals surface area contributed by atoms with E-state index in [1.807, 2.05) is 0 Å². The Kier molecular flexibility index (Phi) is 6.20. The number of hydrogen-bond donors (Lipinski definition) is 0. The Balaban J connectivity index is 0.000000355. The summed E-state index contributed by atoms with van der Waals surface area (Å²) < 4.78 is 46.6. The van der Waals surface area contributed by atoms with Gasteiger partial charge < -0.3 is 8.83 Å². The highest BCUT2D eigenvalue weighted by atomic mass is 35.5. The van der Waals surface area contributed by atoms with Crippen LogP contribution < -0.4 is 0 Å². The summed E-state index contributed by atoms with van der Waals surface area (Å²) in [5, 5.41) is 0. The molecular formula is C16H12ClF3N2O2. The van der Waals surface area contributed by atoms with Crippen molar-refractivity contribution in [3.63, 3.8) is 0 Å². The van der Waals surface area contributed by atoms with Crippen LogP contribution in [-0.4, -0.2) is 9.97 Å². The summed E-state index contributed by atoms with van der Waals surface area (Å²) in [7, 11) is 0. The lowest BCUT2D eigenvalue weighted by Gasteiger charge is -2.05. The van der Waals surface area contributed by atoms with Crippen LogP contribution in [0.4, 0.5) is 13.2 Å². The van der Waals surface area contributed by atoms with Gasteiger partial charge in [-0.05, 0) is 23.8 Å². The molecule has 0 atom stereocenters. The van der Waals surface area contributed by atoms with E-state index in [4.69, 9.17) is 16.0 Å². The second kappa shape index (κ2) is 8.35. The summed E-state index contributed by atoms with van der Waals surface area (Å²) in [6.45, 7) is 0. The lowest BCUT2D eigenvalue weighted by Crippen LogP contribution is -2.03. The zero-order valence-corrected chi connectivity index (χ0v) is 13.0. The largest absolute Gasteiger partial charge is 0.452 e. The topological polar surface area (TPSA) is 52.1 Å². The number of alkyl halides is 4. The summed E-state index contributed by atoms with van der Waals surface area (Å²) in [4.78, 5) is 7.59. The summed E-state index contributed by atoms with van der Waals surface area (Å²) in [6, 6.07) is 4.81. The molecule has 0 unspecified atom stereocenters. The van der Waals surface area contributed by atoms with Crippen LogP contribution in [-0.2, 0) is 12.1 Å². The van der Waals surface area contributed by atoms with Crippen molar-refractivity contribution in [3.05, 3.63) is 72.1 Å². The highest BCUT2D eigenvalue weighted by molar-refractivity contribution is 6.16. The van der Waals surface area contributed by atoms with Crippen molar-refractivity contribution in [3.8, 4) is 0 Å². The van der Waals surface area contributed by atoms with E-state index < -0.39 is 11.7 Å². The van der Waals surface area contributed by atoms with Gasteiger partial charge in [0.2, 0.25) is 5.89 Å². The highest BCUT2D eigenvalue weighted by Crippen LogP contribution is 2.29. The molecule has 0 aliphatic carbocycles. The molecule has 4 nitrogen and oxygen atoms in total. The molecule has 2 heterocycles. The standard InChI is InChI=1S/C13H9ClF3NO.C3H3NO/c14-7-11-8-19-12(18-11)6-3-9-1-4-10(5-2-9)13(15,16)17;1-2-5-3-4-1/h1-6,8H,7H2;1-3H/b6-3+;. The zero-order valence-electron chi connectivity index (χ0n) is 12.2. The zero-order chi connectivity index (χ0) is 17.4. The van der Waals surface area contributed by atoms with Gasteiger partial charge in [0.25, 0.3) is 0 Å². The maximum atomic E-state index is 12.4. The van der Waals surface area contributed by atoms with Crippen molar-refractivity contribution in [2.24, 2.45) is 0 Å². The first-order valence-electron chi connectivity index (χ1n) is 6.67. The van der Waals surface area contributed by atoms with Crippen LogP contribution in [0.5, 0.6) is 0 Å². The molecule has 0 N–H and O–H groups in total. The number of halogens is 4. The summed E-state index contributed by atoms with van der Waals surface area (Å²) >= 11 is 5.56. The van der Waals surface area contributed by atoms with Crippen molar-refractivity contribution < 1.29 is 22.0 Å². The average Bonchev–Trinajstić information content (AvgIpc) is 3.27. The Morgan fingerprint density at radius 2 is 1.88 bits per heavy atom. The van der Waals surface area contributed by atoms with E-state index in [1.165, 1.54) is 31.1 Å². The molecule has 0 bridgehead atoms. The number of rotatable bonds is 3. The Morgan fingerprint density at radius 3 is 2.33 bits per heavy atom. The fourth-order valence-corrected chi connectivity index (χ4v) is 1.71. The van der Waals surface area contributed by atoms with E-state index in [9.17, 15) is 13.2 Å². The number of oxazole rings is 2. The quantitative estimate of drug-likeness (QED) is 0.599. The van der Waals surface area contributed by atoms with Crippen LogP contribution in [0, 0.1) is 0 Å². The van der Waals surface area contributed by atoms with Crippen LogP contribution >= 0.6 is 11.6 Å². The van der Waals surface area contributed by atoms with Gasteiger partial charge in [0.1, 0.15) is 12.5 Å². The van der Waals surface area contributed by atoms with Gasteiger partial charge in [0.05, 0.1) is 23.3 Å². The van der Waals surface area contributed by atoms with Crippen molar-refractivity contribution in [2.75, 3.05) is 0 Å². The molecule has 0 radical (unpaired) electrons. The van der Waals surface area contributed by atoms with E-state index in [1.54, 1.807) is 18.3 Å². The normalized spacial score (nSPS) is 11.3. The molecule has 8 heteroatoms. The van der Waals surface area contributed by atoms with E-state index in [-0.39, 0.29) is 5.88 Å². The van der Waals surface area contributed by atoms with Crippen molar-refractivity contribution in [2.45, 2.75) is 12.1 Å². The van der Waals surface area contributed by atoms with Gasteiger partial charge >= 0.3 is 6.18 Å². The van der Waals surface area contributed by atoms with Gasteiger partial charge in [0, 0.05) is 6.08 Å². The number of hydrogen-bond acceptors (Lipinski definition) is 4. The second-order valence-electron chi connectivity index (χ2n) is 4.44. The van der Waals surface area contributed by atoms with Crippen LogP contribution in [0.15, 0.2) is 58.2 Å². The molecule has 1 aromatic carbocycles. The Bertz CT molecular complexity index is 733. The monoisotopic (exact) mass is 356 g/mol. The summed E-state index contributed by atoms with van der Waals surface area (Å²) in [5.74, 6) is 0.605. The molecule has 0 fully saturated rings. The van der Waals surface area contributed by atoms with Gasteiger partial charge in [-0.25, -0.2) is 9.97 Å². The van der Waals surface area contributed by atoms with Gasteiger partial charge in [-0.1, -0.05) is 12.1 Å². The minimum absolute atomic E-state index is 0.248. The first-order valence-corrected chi connectivity index (χ1v) is 7.20. The fraction of sp³-hybridized carbons (Fsp3) is 0.125. The maximum absolute atomic E-state index is 12.4. The molecule has 0 saturated heterocycles. The Hall–Kier alpha value is -2.54. The number of nitrogens with zero attached hydrogens (tertiary/aromatic N) is 2. The maximum Gasteiger partial charge on any atom is 0.416 e. The molecular weight excluding hydrogens is 345 g/mol. The SMILES string of the molecule is FC(F)(F)c1ccc(/C=C/c2nc(CCl)co2)cc1.c1cocn1. The van der Waals surface area contributed by atoms with Crippen molar-refractivity contribution in [1.29, 1.82) is 0 Å². The van der Waals surface area contributed by atoms with Gasteiger partial charge in [0.15, 0.2) is 6.39 Å². The van der Waals surface area contributed by atoms with Crippen LogP contribution in [0.1, 0.15) is 22.7 Å². The molecule has 2 aromatic heterocycles. The van der Waals surface area contributed by atoms with Gasteiger partial charge in [-0.15, -0.1) is 11.6 Å². The fourth-order valence-electron chi connectivity index (χ4n) is 1.59. The van der Waals surface area contributed by atoms with Crippen molar-refractivity contribution >= 4 is 23.8 Å². The molecule has 3 aromatic rings. The van der Waals surface area contributed by atoms with E-state index in [2.05, 4.69) is 14.4 Å². The minimum atomic E-state index is -4.32. The molecule has 0 saturated carbocycles. The first kappa shape index (κ1) is 17.8. The Morgan fingerprint density at radius 1 is 1.12 bits per heavy atom. The lowest BCUT2D eigenvalue weighted by atomic mass is 10.1. The first-order chi connectivity index (χ1) is 11.5. The van der Waals surface area contributed by atoms with Crippen LogP contribution in [0.2, 0.25) is 0 Å². The molecule has 126 valence electrons. The Labute approximate surface area is 140 Å². The molecule has 24 heavy (non-hydrogen) atoms. The minimum Gasteiger partial charge on any atom is -0.452 e. The summed E-state index contributed by atoms with van der Waals surface area (Å²) in [6.07, 6.45) is 4.77. The second-order valence-corrected chi connectivity index (χ2v) is 4.71. The van der Waals surface area contributed by atoms with Gasteiger partial charge in [-0.2, -0.15) is 13.2 Å². The average molecular weight is 357 g/mol. The predicted octanol–water partition coefficient (Wildman–Crippen LogP) is 5.28. The third-order valence-corrected chi connectivity index (χ3v) is 2.98. The molecule has 0 aliphatic rings. The van der Waals surface area contributed by atoms with E-state index in [0.717, 1.165) is 12.1 Å². The van der Waals surface area contributed by atoms with E-state index in [0.29, 0.717) is 17.1 Å². The predicted molar refractivity (Wildman–Crippen MR) is 82.9 cm³/mol. The third kappa shape index (κ3) is 5.58. The number of benzene rings is 1. The van der Waals surface area contributed by atoms with Gasteiger partial charge in [-0.3, -0.25) is 0 Å². The van der Waals surface area contributed by atoms with Crippen LogP contribution in [0.25, 0.3) is 12.2 Å².